The van der Waals surface area contributed by atoms with Gasteiger partial charge in [0.15, 0.2) is 12.7 Å². The fraction of sp³-hybridized carbons (Fsp3) is 0.250. The van der Waals surface area contributed by atoms with Gasteiger partial charge in [-0.15, -0.1) is 0 Å². The molecule has 0 fully saturated rings. The molecule has 1 amide bonds. The molecule has 1 atom stereocenters. The molecule has 0 bridgehead atoms. The number of anilines is 1. The molecule has 0 radical (unpaired) electrons. The molecule has 0 saturated heterocycles. The van der Waals surface area contributed by atoms with E-state index < -0.39 is 24.6 Å². The van der Waals surface area contributed by atoms with Gasteiger partial charge in [-0.25, -0.2) is 4.79 Å². The summed E-state index contributed by atoms with van der Waals surface area (Å²) >= 11 is 1.06. The molecule has 1 N–H and O–H groups in total. The first-order chi connectivity index (χ1) is 12.9. The van der Waals surface area contributed by atoms with Crippen molar-refractivity contribution in [3.63, 3.8) is 0 Å². The van der Waals surface area contributed by atoms with E-state index in [-0.39, 0.29) is 0 Å². The number of ether oxygens (including phenoxy) is 2. The van der Waals surface area contributed by atoms with E-state index in [0.717, 1.165) is 27.8 Å². The van der Waals surface area contributed by atoms with Crippen molar-refractivity contribution in [2.24, 2.45) is 0 Å². The van der Waals surface area contributed by atoms with Crippen LogP contribution in [0.15, 0.2) is 47.4 Å². The minimum atomic E-state index is -0.828. The topological polar surface area (TPSA) is 88.4 Å². The number of thioether (sulfide) groups is 1. The number of nitrogens with one attached hydrogen (secondary N) is 1. The number of para-hydroxylation sites is 1. The first-order valence-corrected chi connectivity index (χ1v) is 9.07. The lowest BCUT2D eigenvalue weighted by Crippen LogP contribution is -2.30. The summed E-state index contributed by atoms with van der Waals surface area (Å²) in [6, 6.07) is 12.5. The van der Waals surface area contributed by atoms with Gasteiger partial charge in [0, 0.05) is 10.6 Å². The largest absolute Gasteiger partial charge is 0.479 e. The Labute approximate surface area is 162 Å². The molecule has 2 rings (SSSR count). The van der Waals surface area contributed by atoms with E-state index in [1.165, 1.54) is 0 Å². The van der Waals surface area contributed by atoms with Crippen molar-refractivity contribution < 1.29 is 19.1 Å². The summed E-state index contributed by atoms with van der Waals surface area (Å²) in [5.74, 6) is -0.515. The average molecular weight is 384 g/mol. The third kappa shape index (κ3) is 6.04. The Hall–Kier alpha value is -2.98. The van der Waals surface area contributed by atoms with Crippen molar-refractivity contribution in [3.05, 3.63) is 53.6 Å². The van der Waals surface area contributed by atoms with Crippen LogP contribution in [0.1, 0.15) is 18.1 Å². The maximum Gasteiger partial charge on any atom is 0.347 e. The molecule has 0 saturated carbocycles. The predicted octanol–water partition coefficient (Wildman–Crippen LogP) is 3.83. The molecule has 0 aliphatic carbocycles. The molecule has 2 aromatic rings. The first-order valence-electron chi connectivity index (χ1n) is 8.26. The number of rotatable bonds is 7. The Morgan fingerprint density at radius 3 is 2.41 bits per heavy atom. The maximum atomic E-state index is 12.1. The summed E-state index contributed by atoms with van der Waals surface area (Å²) in [6.07, 6.45) is -0.828. The molecule has 0 unspecified atom stereocenters. The third-order valence-electron chi connectivity index (χ3n) is 3.67. The van der Waals surface area contributed by atoms with Crippen molar-refractivity contribution in [2.75, 3.05) is 11.9 Å². The summed E-state index contributed by atoms with van der Waals surface area (Å²) in [4.78, 5) is 24.9. The highest BCUT2D eigenvalue weighted by Crippen LogP contribution is 2.27. The highest BCUT2D eigenvalue weighted by Gasteiger charge is 2.18. The maximum absolute atomic E-state index is 12.1. The summed E-state index contributed by atoms with van der Waals surface area (Å²) in [5, 5.41) is 13.5. The van der Waals surface area contributed by atoms with Crippen molar-refractivity contribution >= 4 is 29.3 Å². The predicted molar refractivity (Wildman–Crippen MR) is 104 cm³/mol. The van der Waals surface area contributed by atoms with Crippen LogP contribution in [0.4, 0.5) is 5.69 Å². The monoisotopic (exact) mass is 384 g/mol. The lowest BCUT2D eigenvalue weighted by molar-refractivity contribution is -0.153. The second-order valence-electron chi connectivity index (χ2n) is 5.85. The summed E-state index contributed by atoms with van der Waals surface area (Å²) in [5.41, 5.74) is 2.30. The minimum Gasteiger partial charge on any atom is -0.479 e. The van der Waals surface area contributed by atoms with Crippen LogP contribution >= 0.6 is 11.8 Å². The van der Waals surface area contributed by atoms with Gasteiger partial charge in [0.25, 0.3) is 5.91 Å². The lowest BCUT2D eigenvalue weighted by Gasteiger charge is -2.15. The number of benzene rings is 2. The van der Waals surface area contributed by atoms with Gasteiger partial charge in [-0.05, 0) is 67.9 Å². The zero-order chi connectivity index (χ0) is 19.8. The van der Waals surface area contributed by atoms with Gasteiger partial charge in [-0.3, -0.25) is 4.79 Å². The highest BCUT2D eigenvalue weighted by molar-refractivity contribution is 8.03. The lowest BCUT2D eigenvalue weighted by atomic mass is 10.1. The summed E-state index contributed by atoms with van der Waals surface area (Å²) < 4.78 is 10.5. The zero-order valence-corrected chi connectivity index (χ0v) is 16.1. The number of aryl methyl sites for hydroxylation is 2. The molecule has 0 aromatic heterocycles. The van der Waals surface area contributed by atoms with Crippen LogP contribution in [-0.4, -0.2) is 24.6 Å². The molecular formula is C20H20N2O4S. The molecule has 2 aromatic carbocycles. The van der Waals surface area contributed by atoms with Crippen LogP contribution in [0.25, 0.3) is 0 Å². The molecule has 0 aliphatic heterocycles. The summed E-state index contributed by atoms with van der Waals surface area (Å²) in [7, 11) is 0. The van der Waals surface area contributed by atoms with E-state index >= 15 is 0 Å². The van der Waals surface area contributed by atoms with E-state index in [4.69, 9.17) is 14.7 Å². The molecule has 0 aliphatic rings. The molecule has 140 valence electrons. The van der Waals surface area contributed by atoms with E-state index in [1.54, 1.807) is 31.2 Å². The van der Waals surface area contributed by atoms with Crippen LogP contribution < -0.4 is 10.1 Å². The van der Waals surface area contributed by atoms with Gasteiger partial charge in [-0.2, -0.15) is 5.26 Å². The third-order valence-corrected chi connectivity index (χ3v) is 4.23. The number of amides is 1. The number of esters is 1. The number of nitriles is 1. The smallest absolute Gasteiger partial charge is 0.347 e. The van der Waals surface area contributed by atoms with Crippen LogP contribution in [0, 0.1) is 24.5 Å². The first kappa shape index (κ1) is 20.3. The second kappa shape index (κ2) is 9.64. The van der Waals surface area contributed by atoms with E-state index in [1.807, 2.05) is 37.4 Å². The fourth-order valence-corrected chi connectivity index (χ4v) is 2.99. The summed E-state index contributed by atoms with van der Waals surface area (Å²) in [6.45, 7) is 4.83. The number of thiocyanates is 1. The number of nitrogens with zero attached hydrogens (tertiary/aromatic N) is 1. The van der Waals surface area contributed by atoms with Crippen LogP contribution in [0.3, 0.4) is 0 Å². The average Bonchev–Trinajstić information content (AvgIpc) is 2.64. The van der Waals surface area contributed by atoms with E-state index in [0.29, 0.717) is 11.4 Å². The molecule has 7 heteroatoms. The Morgan fingerprint density at radius 1 is 1.19 bits per heavy atom. The normalized spacial score (nSPS) is 11.2. The Kier molecular flexibility index (Phi) is 7.26. The number of hydrogen-bond acceptors (Lipinski definition) is 6. The van der Waals surface area contributed by atoms with Crippen LogP contribution in [0.2, 0.25) is 0 Å². The minimum absolute atomic E-state index is 0.408. The van der Waals surface area contributed by atoms with Gasteiger partial charge in [0.1, 0.15) is 11.2 Å². The quantitative estimate of drug-likeness (QED) is 0.443. The van der Waals surface area contributed by atoms with Gasteiger partial charge in [0.2, 0.25) is 0 Å². The SMILES string of the molecule is Cc1cc(SC#N)cc(C)c1NC(=O)COC(=O)[C@@H](C)Oc1ccccc1. The second-order valence-corrected chi connectivity index (χ2v) is 6.71. The van der Waals surface area contributed by atoms with E-state index in [2.05, 4.69) is 5.32 Å². The van der Waals surface area contributed by atoms with Gasteiger partial charge in [-0.1, -0.05) is 18.2 Å². The van der Waals surface area contributed by atoms with Crippen molar-refractivity contribution in [1.82, 2.24) is 0 Å². The van der Waals surface area contributed by atoms with Crippen LogP contribution in [0.5, 0.6) is 5.75 Å². The van der Waals surface area contributed by atoms with E-state index in [9.17, 15) is 9.59 Å². The van der Waals surface area contributed by atoms with Crippen molar-refractivity contribution in [1.29, 1.82) is 5.26 Å². The van der Waals surface area contributed by atoms with Gasteiger partial charge < -0.3 is 14.8 Å². The van der Waals surface area contributed by atoms with Gasteiger partial charge in [0.05, 0.1) is 0 Å². The van der Waals surface area contributed by atoms with Crippen molar-refractivity contribution in [3.8, 4) is 11.2 Å². The number of carbonyl (C=O) groups excluding carboxylic acids is 2. The molecule has 6 nitrogen and oxygen atoms in total. The molecule has 27 heavy (non-hydrogen) atoms. The van der Waals surface area contributed by atoms with Crippen molar-refractivity contribution in [2.45, 2.75) is 31.8 Å². The number of hydrogen-bond donors (Lipinski definition) is 1. The Morgan fingerprint density at radius 2 is 1.81 bits per heavy atom. The van der Waals surface area contributed by atoms with Gasteiger partial charge >= 0.3 is 5.97 Å². The van der Waals surface area contributed by atoms with Crippen LogP contribution in [-0.2, 0) is 14.3 Å². The highest BCUT2D eigenvalue weighted by atomic mass is 32.2. The fourth-order valence-electron chi connectivity index (χ4n) is 2.41. The molecule has 0 heterocycles. The Balaban J connectivity index is 1.89. The number of carbonyl (C=O) groups is 2. The zero-order valence-electron chi connectivity index (χ0n) is 15.3. The molecule has 0 spiro atoms. The Bertz CT molecular complexity index is 839. The molecular weight excluding hydrogens is 364 g/mol. The standard InChI is InChI=1S/C20H20N2O4S/c1-13-9-17(27-12-21)10-14(2)19(13)22-18(23)11-25-20(24)15(3)26-16-7-5-4-6-8-16/h4-10,15H,11H2,1-3H3,(H,22,23)/t15-/m1/s1.